The third-order valence-corrected chi connectivity index (χ3v) is 2.86. The van der Waals surface area contributed by atoms with Gasteiger partial charge in [-0.05, 0) is 24.7 Å². The molecule has 0 aromatic carbocycles. The highest BCUT2D eigenvalue weighted by atomic mass is 16.5. The zero-order valence-electron chi connectivity index (χ0n) is 9.18. The van der Waals surface area contributed by atoms with Crippen molar-refractivity contribution in [2.75, 3.05) is 19.8 Å². The summed E-state index contributed by atoms with van der Waals surface area (Å²) in [6.07, 6.45) is 2.50. The van der Waals surface area contributed by atoms with Crippen LogP contribution < -0.4 is 5.73 Å². The topological polar surface area (TPSA) is 35.2 Å². The van der Waals surface area contributed by atoms with Crippen LogP contribution in [-0.4, -0.2) is 19.8 Å². The lowest BCUT2D eigenvalue weighted by Crippen LogP contribution is -2.45. The maximum atomic E-state index is 5.77. The zero-order chi connectivity index (χ0) is 9.90. The lowest BCUT2D eigenvalue weighted by molar-refractivity contribution is -0.0355. The molecule has 2 nitrogen and oxygen atoms in total. The molecule has 0 aromatic heterocycles. The second-order valence-corrected chi connectivity index (χ2v) is 5.13. The summed E-state index contributed by atoms with van der Waals surface area (Å²) in [5.74, 6) is 1.48. The minimum atomic E-state index is 0.328. The van der Waals surface area contributed by atoms with Gasteiger partial charge in [0, 0.05) is 18.6 Å². The number of ether oxygens (including phenoxy) is 1. The minimum absolute atomic E-state index is 0.328. The predicted octanol–water partition coefficient (Wildman–Crippen LogP) is 2.03. The first kappa shape index (κ1) is 11.0. The number of nitrogens with two attached hydrogens (primary N) is 1. The van der Waals surface area contributed by atoms with Gasteiger partial charge in [0.1, 0.15) is 0 Å². The molecule has 13 heavy (non-hydrogen) atoms. The molecule has 0 aromatic rings. The van der Waals surface area contributed by atoms with E-state index in [9.17, 15) is 0 Å². The molecule has 78 valence electrons. The summed E-state index contributed by atoms with van der Waals surface area (Å²) < 4.78 is 5.66. The van der Waals surface area contributed by atoms with E-state index >= 15 is 0 Å². The maximum Gasteiger partial charge on any atom is 0.0534 e. The molecule has 0 heterocycles. The van der Waals surface area contributed by atoms with Crippen molar-refractivity contribution in [3.8, 4) is 0 Å². The number of rotatable bonds is 5. The Morgan fingerprint density at radius 2 is 2.08 bits per heavy atom. The summed E-state index contributed by atoms with van der Waals surface area (Å²) in [4.78, 5) is 0. The van der Waals surface area contributed by atoms with E-state index in [2.05, 4.69) is 20.8 Å². The SMILES string of the molecule is CC(C)COCC1(CN)CC(C)C1. The summed E-state index contributed by atoms with van der Waals surface area (Å²) in [5.41, 5.74) is 6.10. The van der Waals surface area contributed by atoms with Crippen molar-refractivity contribution in [2.24, 2.45) is 23.0 Å². The highest BCUT2D eigenvalue weighted by molar-refractivity contribution is 4.92. The molecule has 2 N–H and O–H groups in total. The Labute approximate surface area is 81.8 Å². The molecule has 1 fully saturated rings. The molecule has 1 saturated carbocycles. The van der Waals surface area contributed by atoms with Crippen molar-refractivity contribution in [3.05, 3.63) is 0 Å². The van der Waals surface area contributed by atoms with Gasteiger partial charge in [-0.15, -0.1) is 0 Å². The van der Waals surface area contributed by atoms with Crippen LogP contribution in [0.15, 0.2) is 0 Å². The highest BCUT2D eigenvalue weighted by Crippen LogP contribution is 2.44. The predicted molar refractivity (Wildman–Crippen MR) is 55.5 cm³/mol. The summed E-state index contributed by atoms with van der Waals surface area (Å²) in [5, 5.41) is 0. The largest absolute Gasteiger partial charge is 0.381 e. The third kappa shape index (κ3) is 2.96. The average Bonchev–Trinajstić information content (AvgIpc) is 2.00. The second-order valence-electron chi connectivity index (χ2n) is 5.13. The smallest absolute Gasteiger partial charge is 0.0534 e. The Morgan fingerprint density at radius 3 is 2.46 bits per heavy atom. The van der Waals surface area contributed by atoms with E-state index in [1.165, 1.54) is 12.8 Å². The number of hydrogen-bond donors (Lipinski definition) is 1. The van der Waals surface area contributed by atoms with E-state index in [4.69, 9.17) is 10.5 Å². The van der Waals surface area contributed by atoms with Crippen LogP contribution in [0.4, 0.5) is 0 Å². The Kier molecular flexibility index (Phi) is 3.74. The third-order valence-electron chi connectivity index (χ3n) is 2.86. The van der Waals surface area contributed by atoms with Gasteiger partial charge in [0.25, 0.3) is 0 Å². The Balaban J connectivity index is 2.18. The van der Waals surface area contributed by atoms with Gasteiger partial charge >= 0.3 is 0 Å². The molecule has 1 rings (SSSR count). The molecule has 0 unspecified atom stereocenters. The lowest BCUT2D eigenvalue weighted by atomic mass is 9.63. The van der Waals surface area contributed by atoms with Crippen molar-refractivity contribution in [2.45, 2.75) is 33.6 Å². The van der Waals surface area contributed by atoms with Crippen LogP contribution >= 0.6 is 0 Å². The minimum Gasteiger partial charge on any atom is -0.381 e. The molecule has 0 amide bonds. The molecule has 2 heteroatoms. The first-order valence-corrected chi connectivity index (χ1v) is 5.36. The van der Waals surface area contributed by atoms with E-state index in [1.807, 2.05) is 0 Å². The van der Waals surface area contributed by atoms with Crippen molar-refractivity contribution >= 4 is 0 Å². The molecule has 0 radical (unpaired) electrons. The normalized spacial score (nSPS) is 33.5. The first-order valence-electron chi connectivity index (χ1n) is 5.36. The van der Waals surface area contributed by atoms with Crippen LogP contribution in [0.2, 0.25) is 0 Å². The van der Waals surface area contributed by atoms with Gasteiger partial charge in [0.15, 0.2) is 0 Å². The lowest BCUT2D eigenvalue weighted by Gasteiger charge is -2.45. The monoisotopic (exact) mass is 185 g/mol. The van der Waals surface area contributed by atoms with Crippen molar-refractivity contribution < 1.29 is 4.74 Å². The number of hydrogen-bond acceptors (Lipinski definition) is 2. The van der Waals surface area contributed by atoms with E-state index in [0.717, 1.165) is 25.7 Å². The fourth-order valence-corrected chi connectivity index (χ4v) is 2.27. The molecule has 0 atom stereocenters. The molecule has 1 aliphatic carbocycles. The van der Waals surface area contributed by atoms with Crippen LogP contribution in [0.5, 0.6) is 0 Å². The Morgan fingerprint density at radius 1 is 1.46 bits per heavy atom. The fourth-order valence-electron chi connectivity index (χ4n) is 2.27. The molecule has 0 saturated heterocycles. The standard InChI is InChI=1S/C11H23NO/c1-9(2)6-13-8-11(7-12)4-10(3)5-11/h9-10H,4-8,12H2,1-3H3. The highest BCUT2D eigenvalue weighted by Gasteiger charge is 2.40. The Bertz CT molecular complexity index is 150. The molecular weight excluding hydrogens is 162 g/mol. The van der Waals surface area contributed by atoms with Crippen molar-refractivity contribution in [1.82, 2.24) is 0 Å². The van der Waals surface area contributed by atoms with Gasteiger partial charge in [-0.3, -0.25) is 0 Å². The van der Waals surface area contributed by atoms with Gasteiger partial charge in [-0.1, -0.05) is 20.8 Å². The van der Waals surface area contributed by atoms with Gasteiger partial charge in [0.2, 0.25) is 0 Å². The fraction of sp³-hybridized carbons (Fsp3) is 1.00. The second kappa shape index (κ2) is 4.43. The molecule has 0 bridgehead atoms. The summed E-state index contributed by atoms with van der Waals surface area (Å²) >= 11 is 0. The molecular formula is C11H23NO. The average molecular weight is 185 g/mol. The summed E-state index contributed by atoms with van der Waals surface area (Å²) in [6.45, 7) is 9.17. The van der Waals surface area contributed by atoms with E-state index in [1.54, 1.807) is 0 Å². The van der Waals surface area contributed by atoms with Crippen LogP contribution in [0.3, 0.4) is 0 Å². The van der Waals surface area contributed by atoms with Crippen molar-refractivity contribution in [1.29, 1.82) is 0 Å². The van der Waals surface area contributed by atoms with Crippen LogP contribution in [-0.2, 0) is 4.74 Å². The summed E-state index contributed by atoms with van der Waals surface area (Å²) in [6, 6.07) is 0. The van der Waals surface area contributed by atoms with Gasteiger partial charge in [0.05, 0.1) is 6.61 Å². The van der Waals surface area contributed by atoms with Crippen LogP contribution in [0.1, 0.15) is 33.6 Å². The Hall–Kier alpha value is -0.0800. The van der Waals surface area contributed by atoms with Gasteiger partial charge in [-0.25, -0.2) is 0 Å². The first-order chi connectivity index (χ1) is 6.08. The van der Waals surface area contributed by atoms with E-state index in [0.29, 0.717) is 11.3 Å². The zero-order valence-corrected chi connectivity index (χ0v) is 9.18. The van der Waals surface area contributed by atoms with E-state index in [-0.39, 0.29) is 0 Å². The molecule has 0 spiro atoms. The van der Waals surface area contributed by atoms with Gasteiger partial charge < -0.3 is 10.5 Å². The van der Waals surface area contributed by atoms with Gasteiger partial charge in [-0.2, -0.15) is 0 Å². The van der Waals surface area contributed by atoms with Crippen molar-refractivity contribution in [3.63, 3.8) is 0 Å². The summed E-state index contributed by atoms with van der Waals surface area (Å²) in [7, 11) is 0. The van der Waals surface area contributed by atoms with Crippen LogP contribution in [0, 0.1) is 17.3 Å². The van der Waals surface area contributed by atoms with E-state index < -0.39 is 0 Å². The van der Waals surface area contributed by atoms with Crippen LogP contribution in [0.25, 0.3) is 0 Å². The molecule has 0 aliphatic heterocycles. The molecule has 1 aliphatic rings. The quantitative estimate of drug-likeness (QED) is 0.711. The maximum absolute atomic E-state index is 5.77.